The van der Waals surface area contributed by atoms with Gasteiger partial charge in [-0.1, -0.05) is 22.0 Å². The molecule has 0 atom stereocenters. The Balaban J connectivity index is 2.61. The molecule has 1 aromatic carbocycles. The molecule has 0 aliphatic carbocycles. The van der Waals surface area contributed by atoms with Crippen LogP contribution >= 0.6 is 15.9 Å². The lowest BCUT2D eigenvalue weighted by molar-refractivity contribution is 0.374. The zero-order valence-corrected chi connectivity index (χ0v) is 12.1. The highest BCUT2D eigenvalue weighted by Crippen LogP contribution is 2.18. The Morgan fingerprint density at radius 2 is 2.12 bits per heavy atom. The van der Waals surface area contributed by atoms with Crippen LogP contribution < -0.4 is 10.1 Å². The highest BCUT2D eigenvalue weighted by atomic mass is 79.9. The van der Waals surface area contributed by atoms with E-state index in [1.54, 1.807) is 6.07 Å². The molecule has 0 fully saturated rings. The van der Waals surface area contributed by atoms with Gasteiger partial charge in [0.2, 0.25) is 0 Å². The van der Waals surface area contributed by atoms with E-state index in [1.165, 1.54) is 13.2 Å². The fraction of sp³-hybridized carbons (Fsp3) is 0.538. The van der Waals surface area contributed by atoms with E-state index < -0.39 is 0 Å². The number of nitrogens with one attached hydrogen (secondary N) is 1. The van der Waals surface area contributed by atoms with E-state index in [0.29, 0.717) is 6.54 Å². The third kappa shape index (κ3) is 4.64. The lowest BCUT2D eigenvalue weighted by Crippen LogP contribution is -2.38. The number of halogens is 2. The summed E-state index contributed by atoms with van der Waals surface area (Å²) in [6, 6.07) is 5.04. The van der Waals surface area contributed by atoms with Crippen LogP contribution in [-0.4, -0.2) is 18.0 Å². The molecule has 4 heteroatoms. The lowest BCUT2D eigenvalue weighted by Gasteiger charge is -2.25. The van der Waals surface area contributed by atoms with Crippen LogP contribution in [-0.2, 0) is 6.54 Å². The molecule has 0 saturated carbocycles. The minimum Gasteiger partial charge on any atom is -0.494 e. The number of hydrogen-bond acceptors (Lipinski definition) is 2. The number of ether oxygens (including phenoxy) is 1. The molecule has 1 aromatic rings. The summed E-state index contributed by atoms with van der Waals surface area (Å²) in [5.74, 6) is -0.0291. The summed E-state index contributed by atoms with van der Waals surface area (Å²) in [6.07, 6.45) is 1.02. The van der Waals surface area contributed by atoms with E-state index in [-0.39, 0.29) is 17.1 Å². The van der Waals surface area contributed by atoms with E-state index >= 15 is 0 Å². The summed E-state index contributed by atoms with van der Waals surface area (Å²) >= 11 is 3.43. The lowest BCUT2D eigenvalue weighted by atomic mass is 10.0. The molecule has 0 aliphatic rings. The molecule has 0 aliphatic heterocycles. The maximum absolute atomic E-state index is 13.5. The first-order chi connectivity index (χ1) is 7.98. The second kappa shape index (κ2) is 6.36. The van der Waals surface area contributed by atoms with Crippen molar-refractivity contribution in [1.29, 1.82) is 0 Å². The third-order valence-corrected chi connectivity index (χ3v) is 3.10. The molecule has 2 nitrogen and oxygen atoms in total. The minimum atomic E-state index is -0.315. The average Bonchev–Trinajstić information content (AvgIpc) is 2.27. The summed E-state index contributed by atoms with van der Waals surface area (Å²) in [6.45, 7) is 4.92. The number of rotatable bonds is 6. The maximum atomic E-state index is 13.5. The maximum Gasteiger partial charge on any atom is 0.165 e. The van der Waals surface area contributed by atoms with Gasteiger partial charge in [-0.25, -0.2) is 4.39 Å². The average molecular weight is 304 g/mol. The molecule has 0 bridgehead atoms. The predicted molar refractivity (Wildman–Crippen MR) is 72.3 cm³/mol. The zero-order chi connectivity index (χ0) is 12.9. The Labute approximate surface area is 111 Å². The van der Waals surface area contributed by atoms with Gasteiger partial charge in [0.15, 0.2) is 11.6 Å². The van der Waals surface area contributed by atoms with Gasteiger partial charge in [0.25, 0.3) is 0 Å². The van der Waals surface area contributed by atoms with Crippen molar-refractivity contribution < 1.29 is 9.13 Å². The molecule has 17 heavy (non-hydrogen) atoms. The van der Waals surface area contributed by atoms with Crippen LogP contribution in [0.2, 0.25) is 0 Å². The van der Waals surface area contributed by atoms with Gasteiger partial charge < -0.3 is 10.1 Å². The second-order valence-corrected chi connectivity index (χ2v) is 5.44. The van der Waals surface area contributed by atoms with Gasteiger partial charge in [-0.2, -0.15) is 0 Å². The molecule has 0 heterocycles. The molecular weight excluding hydrogens is 285 g/mol. The number of hydrogen-bond donors (Lipinski definition) is 1. The van der Waals surface area contributed by atoms with Crippen LogP contribution in [0.3, 0.4) is 0 Å². The number of benzene rings is 1. The van der Waals surface area contributed by atoms with Crippen LogP contribution in [0.25, 0.3) is 0 Å². The Kier molecular flexibility index (Phi) is 5.40. The van der Waals surface area contributed by atoms with Crippen LogP contribution in [0.5, 0.6) is 5.75 Å². The van der Waals surface area contributed by atoms with Crippen molar-refractivity contribution in [3.63, 3.8) is 0 Å². The van der Waals surface area contributed by atoms with E-state index in [2.05, 4.69) is 35.1 Å². The van der Waals surface area contributed by atoms with Gasteiger partial charge in [0.05, 0.1) is 7.11 Å². The van der Waals surface area contributed by atoms with Gasteiger partial charge in [-0.05, 0) is 38.0 Å². The zero-order valence-electron chi connectivity index (χ0n) is 10.5. The van der Waals surface area contributed by atoms with Gasteiger partial charge >= 0.3 is 0 Å². The molecule has 0 amide bonds. The quantitative estimate of drug-likeness (QED) is 0.812. The molecule has 0 unspecified atom stereocenters. The van der Waals surface area contributed by atoms with Crippen LogP contribution in [0.4, 0.5) is 4.39 Å². The van der Waals surface area contributed by atoms with Crippen molar-refractivity contribution in [2.75, 3.05) is 12.4 Å². The molecule has 0 radical (unpaired) electrons. The molecule has 1 rings (SSSR count). The number of methoxy groups -OCH3 is 1. The predicted octanol–water partition coefficient (Wildman–Crippen LogP) is 3.49. The van der Waals surface area contributed by atoms with E-state index in [1.807, 2.05) is 6.07 Å². The minimum absolute atomic E-state index is 0.0416. The first-order valence-corrected chi connectivity index (χ1v) is 6.74. The Morgan fingerprint density at radius 1 is 1.41 bits per heavy atom. The van der Waals surface area contributed by atoms with Crippen LogP contribution in [0.1, 0.15) is 25.8 Å². The summed E-state index contributed by atoms with van der Waals surface area (Å²) in [4.78, 5) is 0. The highest BCUT2D eigenvalue weighted by molar-refractivity contribution is 9.09. The second-order valence-electron chi connectivity index (χ2n) is 4.65. The standard InChI is InChI=1S/C13H19BrFNO/c1-13(2,6-7-14)16-9-10-4-5-12(17-3)11(15)8-10/h4-5,8,16H,6-7,9H2,1-3H3. The molecular formula is C13H19BrFNO. The SMILES string of the molecule is COc1ccc(CNC(C)(C)CCBr)cc1F. The van der Waals surface area contributed by atoms with Crippen molar-refractivity contribution in [3.05, 3.63) is 29.6 Å². The van der Waals surface area contributed by atoms with Gasteiger partial charge in [0, 0.05) is 17.4 Å². The van der Waals surface area contributed by atoms with Crippen molar-refractivity contribution >= 4 is 15.9 Å². The third-order valence-electron chi connectivity index (χ3n) is 2.71. The normalized spacial score (nSPS) is 11.6. The van der Waals surface area contributed by atoms with Crippen molar-refractivity contribution in [2.24, 2.45) is 0 Å². The summed E-state index contributed by atoms with van der Waals surface area (Å²) in [5, 5.41) is 4.35. The first kappa shape index (κ1) is 14.5. The molecule has 1 N–H and O–H groups in total. The smallest absolute Gasteiger partial charge is 0.165 e. The molecule has 0 aromatic heterocycles. The van der Waals surface area contributed by atoms with E-state index in [4.69, 9.17) is 4.74 Å². The van der Waals surface area contributed by atoms with Gasteiger partial charge in [-0.3, -0.25) is 0 Å². The van der Waals surface area contributed by atoms with Gasteiger partial charge in [0.1, 0.15) is 0 Å². The van der Waals surface area contributed by atoms with Crippen molar-refractivity contribution in [2.45, 2.75) is 32.4 Å². The Bertz CT molecular complexity index is 368. The summed E-state index contributed by atoms with van der Waals surface area (Å²) < 4.78 is 18.3. The molecule has 0 saturated heterocycles. The topological polar surface area (TPSA) is 21.3 Å². The van der Waals surface area contributed by atoms with E-state index in [0.717, 1.165) is 17.3 Å². The largest absolute Gasteiger partial charge is 0.494 e. The van der Waals surface area contributed by atoms with Crippen molar-refractivity contribution in [3.8, 4) is 5.75 Å². The summed E-state index contributed by atoms with van der Waals surface area (Å²) in [7, 11) is 1.47. The molecule has 96 valence electrons. The fourth-order valence-electron chi connectivity index (χ4n) is 1.49. The van der Waals surface area contributed by atoms with E-state index in [9.17, 15) is 4.39 Å². The number of alkyl halides is 1. The molecule has 0 spiro atoms. The monoisotopic (exact) mass is 303 g/mol. The van der Waals surface area contributed by atoms with Crippen molar-refractivity contribution in [1.82, 2.24) is 5.32 Å². The van der Waals surface area contributed by atoms with Crippen LogP contribution in [0, 0.1) is 5.82 Å². The van der Waals surface area contributed by atoms with Gasteiger partial charge in [-0.15, -0.1) is 0 Å². The Morgan fingerprint density at radius 3 is 2.65 bits per heavy atom. The Hall–Kier alpha value is -0.610. The first-order valence-electron chi connectivity index (χ1n) is 5.62. The van der Waals surface area contributed by atoms with Crippen LogP contribution in [0.15, 0.2) is 18.2 Å². The fourth-order valence-corrected chi connectivity index (χ4v) is 2.48. The summed E-state index contributed by atoms with van der Waals surface area (Å²) in [5.41, 5.74) is 0.964. The highest BCUT2D eigenvalue weighted by Gasteiger charge is 2.15.